The van der Waals surface area contributed by atoms with Gasteiger partial charge in [0.05, 0.1) is 12.1 Å². The minimum Gasteiger partial charge on any atom is -0.490 e. The van der Waals surface area contributed by atoms with Crippen molar-refractivity contribution in [2.24, 2.45) is 0 Å². The number of carbonyl (C=O) groups excluding carboxylic acids is 2. The summed E-state index contributed by atoms with van der Waals surface area (Å²) in [6.07, 6.45) is 0. The number of rotatable bonds is 8. The Kier molecular flexibility index (Phi) is 7.23. The highest BCUT2D eigenvalue weighted by atomic mass is 16.5. The number of nitrogens with one attached hydrogen (secondary N) is 2. The molecule has 0 aliphatic rings. The van der Waals surface area contributed by atoms with Crippen LogP contribution < -0.4 is 20.1 Å². The van der Waals surface area contributed by atoms with Gasteiger partial charge in [-0.05, 0) is 45.0 Å². The lowest BCUT2D eigenvalue weighted by atomic mass is 10.1. The third-order valence-electron chi connectivity index (χ3n) is 3.41. The van der Waals surface area contributed by atoms with Gasteiger partial charge >= 0.3 is 0 Å². The monoisotopic (exact) mass is 370 g/mol. The molecule has 0 spiro atoms. The van der Waals surface area contributed by atoms with Crippen LogP contribution in [0.15, 0.2) is 54.6 Å². The van der Waals surface area contributed by atoms with Gasteiger partial charge in [0.15, 0.2) is 0 Å². The standard InChI is InChI=1S/C21H26N2O4/c1-21(2,3)23-19(24)15-22-20(25)17-11-7-8-12-18(17)27-14-13-26-16-9-5-4-6-10-16/h4-12H,13-15H2,1-3H3,(H,22,25)(H,23,24). The summed E-state index contributed by atoms with van der Waals surface area (Å²) in [7, 11) is 0. The van der Waals surface area contributed by atoms with Gasteiger partial charge < -0.3 is 20.1 Å². The summed E-state index contributed by atoms with van der Waals surface area (Å²) in [6.45, 7) is 6.20. The van der Waals surface area contributed by atoms with E-state index in [9.17, 15) is 9.59 Å². The highest BCUT2D eigenvalue weighted by Crippen LogP contribution is 2.18. The van der Waals surface area contributed by atoms with E-state index in [1.807, 2.05) is 51.1 Å². The Bertz CT molecular complexity index is 754. The van der Waals surface area contributed by atoms with Gasteiger partial charge in [0.2, 0.25) is 5.91 Å². The molecule has 2 rings (SSSR count). The Morgan fingerprint density at radius 1 is 0.889 bits per heavy atom. The lowest BCUT2D eigenvalue weighted by molar-refractivity contribution is -0.121. The Hall–Kier alpha value is -3.02. The molecule has 0 saturated carbocycles. The van der Waals surface area contributed by atoms with Gasteiger partial charge in [-0.15, -0.1) is 0 Å². The average Bonchev–Trinajstić information content (AvgIpc) is 2.63. The molecular formula is C21H26N2O4. The predicted octanol–water partition coefficient (Wildman–Crippen LogP) is 2.79. The Morgan fingerprint density at radius 2 is 1.52 bits per heavy atom. The highest BCUT2D eigenvalue weighted by molar-refractivity contribution is 5.98. The summed E-state index contributed by atoms with van der Waals surface area (Å²) in [5.74, 6) is 0.601. The molecule has 0 unspecified atom stereocenters. The van der Waals surface area contributed by atoms with Crippen LogP contribution in [0.3, 0.4) is 0 Å². The fourth-order valence-electron chi connectivity index (χ4n) is 2.33. The van der Waals surface area contributed by atoms with Crippen LogP contribution in [-0.2, 0) is 4.79 Å². The SMILES string of the molecule is CC(C)(C)NC(=O)CNC(=O)c1ccccc1OCCOc1ccccc1. The van der Waals surface area contributed by atoms with Crippen LogP contribution in [-0.4, -0.2) is 37.1 Å². The van der Waals surface area contributed by atoms with Gasteiger partial charge in [0.25, 0.3) is 5.91 Å². The van der Waals surface area contributed by atoms with Crippen molar-refractivity contribution < 1.29 is 19.1 Å². The molecule has 0 atom stereocenters. The molecule has 0 fully saturated rings. The molecule has 6 heteroatoms. The van der Waals surface area contributed by atoms with Crippen molar-refractivity contribution in [3.63, 3.8) is 0 Å². The summed E-state index contributed by atoms with van der Waals surface area (Å²) >= 11 is 0. The van der Waals surface area contributed by atoms with Crippen molar-refractivity contribution in [1.29, 1.82) is 0 Å². The zero-order valence-corrected chi connectivity index (χ0v) is 16.0. The largest absolute Gasteiger partial charge is 0.490 e. The molecule has 27 heavy (non-hydrogen) atoms. The van der Waals surface area contributed by atoms with E-state index in [2.05, 4.69) is 10.6 Å². The van der Waals surface area contributed by atoms with E-state index in [-0.39, 0.29) is 23.9 Å². The molecule has 0 aromatic heterocycles. The zero-order valence-electron chi connectivity index (χ0n) is 16.0. The van der Waals surface area contributed by atoms with Crippen LogP contribution in [0.2, 0.25) is 0 Å². The number of benzene rings is 2. The van der Waals surface area contributed by atoms with E-state index >= 15 is 0 Å². The number of hydrogen-bond acceptors (Lipinski definition) is 4. The third-order valence-corrected chi connectivity index (χ3v) is 3.41. The maximum Gasteiger partial charge on any atom is 0.255 e. The summed E-state index contributed by atoms with van der Waals surface area (Å²) in [4.78, 5) is 24.2. The lowest BCUT2D eigenvalue weighted by Crippen LogP contribution is -2.45. The Balaban J connectivity index is 1.85. The average molecular weight is 370 g/mol. The molecular weight excluding hydrogens is 344 g/mol. The first-order valence-electron chi connectivity index (χ1n) is 8.84. The van der Waals surface area contributed by atoms with Crippen molar-refractivity contribution in [3.8, 4) is 11.5 Å². The van der Waals surface area contributed by atoms with Gasteiger partial charge in [0.1, 0.15) is 24.7 Å². The van der Waals surface area contributed by atoms with Crippen molar-refractivity contribution in [2.75, 3.05) is 19.8 Å². The molecule has 0 bridgehead atoms. The maximum atomic E-state index is 12.4. The van der Waals surface area contributed by atoms with Crippen LogP contribution in [0, 0.1) is 0 Å². The molecule has 6 nitrogen and oxygen atoms in total. The normalized spacial score (nSPS) is 10.8. The van der Waals surface area contributed by atoms with E-state index < -0.39 is 0 Å². The van der Waals surface area contributed by atoms with Gasteiger partial charge in [-0.1, -0.05) is 30.3 Å². The quantitative estimate of drug-likeness (QED) is 0.701. The Morgan fingerprint density at radius 3 is 2.22 bits per heavy atom. The van der Waals surface area contributed by atoms with E-state index in [1.165, 1.54) is 0 Å². The molecule has 0 saturated heterocycles. The van der Waals surface area contributed by atoms with E-state index in [0.29, 0.717) is 24.5 Å². The number of carbonyl (C=O) groups is 2. The van der Waals surface area contributed by atoms with Crippen molar-refractivity contribution in [3.05, 3.63) is 60.2 Å². The smallest absolute Gasteiger partial charge is 0.255 e. The van der Waals surface area contributed by atoms with Crippen molar-refractivity contribution in [2.45, 2.75) is 26.3 Å². The first-order valence-corrected chi connectivity index (χ1v) is 8.84. The van der Waals surface area contributed by atoms with Crippen LogP contribution in [0.4, 0.5) is 0 Å². The molecule has 2 N–H and O–H groups in total. The topological polar surface area (TPSA) is 76.7 Å². The van der Waals surface area contributed by atoms with Gasteiger partial charge in [-0.2, -0.15) is 0 Å². The van der Waals surface area contributed by atoms with Gasteiger partial charge in [-0.25, -0.2) is 0 Å². The second-order valence-corrected chi connectivity index (χ2v) is 6.99. The Labute approximate surface area is 159 Å². The van der Waals surface area contributed by atoms with Crippen molar-refractivity contribution >= 4 is 11.8 Å². The highest BCUT2D eigenvalue weighted by Gasteiger charge is 2.16. The second kappa shape index (κ2) is 9.62. The van der Waals surface area contributed by atoms with Crippen molar-refractivity contribution in [1.82, 2.24) is 10.6 Å². The molecule has 2 aromatic carbocycles. The molecule has 2 amide bonds. The summed E-state index contributed by atoms with van der Waals surface area (Å²) < 4.78 is 11.3. The molecule has 0 aliphatic carbocycles. The molecule has 144 valence electrons. The number of amides is 2. The summed E-state index contributed by atoms with van der Waals surface area (Å²) in [5, 5.41) is 5.41. The summed E-state index contributed by atoms with van der Waals surface area (Å²) in [6, 6.07) is 16.3. The number of ether oxygens (including phenoxy) is 2. The maximum absolute atomic E-state index is 12.4. The molecule has 0 aliphatic heterocycles. The molecule has 0 heterocycles. The van der Waals surface area contributed by atoms with Crippen LogP contribution in [0.5, 0.6) is 11.5 Å². The third kappa shape index (κ3) is 7.40. The lowest BCUT2D eigenvalue weighted by Gasteiger charge is -2.20. The first-order chi connectivity index (χ1) is 12.8. The minimum atomic E-state index is -0.362. The zero-order chi connectivity index (χ0) is 19.7. The molecule has 2 aromatic rings. The fraction of sp³-hybridized carbons (Fsp3) is 0.333. The minimum absolute atomic E-state index is 0.0957. The number of hydrogen-bond donors (Lipinski definition) is 2. The van der Waals surface area contributed by atoms with Crippen LogP contribution in [0.25, 0.3) is 0 Å². The number of para-hydroxylation sites is 2. The van der Waals surface area contributed by atoms with Gasteiger partial charge in [-0.3, -0.25) is 9.59 Å². The second-order valence-electron chi connectivity index (χ2n) is 6.99. The summed E-state index contributed by atoms with van der Waals surface area (Å²) in [5.41, 5.74) is 0.0301. The van der Waals surface area contributed by atoms with Gasteiger partial charge in [0, 0.05) is 5.54 Å². The van der Waals surface area contributed by atoms with E-state index in [1.54, 1.807) is 24.3 Å². The fourth-order valence-corrected chi connectivity index (χ4v) is 2.33. The van der Waals surface area contributed by atoms with E-state index in [4.69, 9.17) is 9.47 Å². The predicted molar refractivity (Wildman–Crippen MR) is 104 cm³/mol. The van der Waals surface area contributed by atoms with E-state index in [0.717, 1.165) is 5.75 Å². The first kappa shape index (κ1) is 20.3. The molecule has 0 radical (unpaired) electrons. The van der Waals surface area contributed by atoms with Crippen LogP contribution in [0.1, 0.15) is 31.1 Å². The van der Waals surface area contributed by atoms with Crippen LogP contribution >= 0.6 is 0 Å².